The van der Waals surface area contributed by atoms with Gasteiger partial charge in [-0.15, -0.1) is 0 Å². The number of rotatable bonds is 5. The van der Waals surface area contributed by atoms with E-state index in [9.17, 15) is 4.79 Å². The van der Waals surface area contributed by atoms with Crippen LogP contribution in [0.25, 0.3) is 0 Å². The number of hydrogen-bond acceptors (Lipinski definition) is 2. The summed E-state index contributed by atoms with van der Waals surface area (Å²) in [6, 6.07) is 13.1. The topological polar surface area (TPSA) is 20.3 Å². The van der Waals surface area contributed by atoms with E-state index >= 15 is 0 Å². The van der Waals surface area contributed by atoms with Gasteiger partial charge < -0.3 is 0 Å². The van der Waals surface area contributed by atoms with Gasteiger partial charge in [0.25, 0.3) is 0 Å². The van der Waals surface area contributed by atoms with E-state index in [1.165, 1.54) is 37.7 Å². The van der Waals surface area contributed by atoms with Crippen LogP contribution in [0.4, 0.5) is 0 Å². The van der Waals surface area contributed by atoms with Gasteiger partial charge in [-0.3, -0.25) is 9.69 Å². The van der Waals surface area contributed by atoms with Crippen LogP contribution in [-0.4, -0.2) is 22.8 Å². The predicted molar refractivity (Wildman–Crippen MR) is 86.1 cm³/mol. The Morgan fingerprint density at radius 3 is 2.71 bits per heavy atom. The van der Waals surface area contributed by atoms with Crippen LogP contribution in [0, 0.1) is 0 Å². The molecule has 0 radical (unpaired) electrons. The third-order valence-corrected chi connectivity index (χ3v) is 5.01. The molecule has 2 fully saturated rings. The highest BCUT2D eigenvalue weighted by atomic mass is 16.1. The second kappa shape index (κ2) is 6.57. The molecule has 0 saturated carbocycles. The third kappa shape index (κ3) is 3.26. The number of hydrogen-bond donors (Lipinski definition) is 0. The molecular formula is C19H25NO. The highest BCUT2D eigenvalue weighted by Gasteiger charge is 2.42. The van der Waals surface area contributed by atoms with Crippen LogP contribution in [0.15, 0.2) is 42.5 Å². The molecule has 2 heteroatoms. The number of allylic oxidation sites excluding steroid dienone is 2. The van der Waals surface area contributed by atoms with Crippen LogP contribution in [-0.2, 0) is 4.79 Å². The summed E-state index contributed by atoms with van der Waals surface area (Å²) in [5.74, 6) is 0.155. The number of carbonyl (C=O) groups excluding carboxylic acids is 1. The standard InChI is InChI=1S/C19H25NO/c1-15(21)7-5-6-10-17-11-12-18-13-14-19(20(17)18)16-8-3-2-4-9-16/h2-5,7-9,17-19H,6,10-14H2,1H3/b7-5+. The molecule has 21 heavy (non-hydrogen) atoms. The lowest BCUT2D eigenvalue weighted by Crippen LogP contribution is -2.33. The zero-order valence-corrected chi connectivity index (χ0v) is 12.9. The molecule has 112 valence electrons. The summed E-state index contributed by atoms with van der Waals surface area (Å²) in [6.07, 6.45) is 11.3. The first kappa shape index (κ1) is 14.5. The summed E-state index contributed by atoms with van der Waals surface area (Å²) >= 11 is 0. The van der Waals surface area contributed by atoms with Crippen molar-refractivity contribution < 1.29 is 4.79 Å². The lowest BCUT2D eigenvalue weighted by molar-refractivity contribution is -0.112. The Morgan fingerprint density at radius 2 is 1.95 bits per heavy atom. The number of benzene rings is 1. The maximum absolute atomic E-state index is 11.0. The van der Waals surface area contributed by atoms with E-state index in [2.05, 4.69) is 35.2 Å². The minimum atomic E-state index is 0.155. The molecule has 3 rings (SSSR count). The summed E-state index contributed by atoms with van der Waals surface area (Å²) in [5, 5.41) is 0. The molecule has 1 aromatic carbocycles. The van der Waals surface area contributed by atoms with Crippen LogP contribution in [0.3, 0.4) is 0 Å². The highest BCUT2D eigenvalue weighted by molar-refractivity contribution is 5.87. The second-order valence-electron chi connectivity index (χ2n) is 6.43. The number of nitrogens with zero attached hydrogens (tertiary/aromatic N) is 1. The van der Waals surface area contributed by atoms with Gasteiger partial charge in [0.15, 0.2) is 5.78 Å². The Balaban J connectivity index is 1.65. The van der Waals surface area contributed by atoms with Gasteiger partial charge in [-0.2, -0.15) is 0 Å². The van der Waals surface area contributed by atoms with E-state index in [1.54, 1.807) is 13.0 Å². The third-order valence-electron chi connectivity index (χ3n) is 5.01. The Kier molecular flexibility index (Phi) is 4.54. The van der Waals surface area contributed by atoms with Crippen LogP contribution in [0.1, 0.15) is 57.1 Å². The van der Waals surface area contributed by atoms with Crippen molar-refractivity contribution in [2.24, 2.45) is 0 Å². The van der Waals surface area contributed by atoms with Gasteiger partial charge in [0.1, 0.15) is 0 Å². The first-order chi connectivity index (χ1) is 10.3. The zero-order chi connectivity index (χ0) is 14.7. The molecule has 3 atom stereocenters. The summed E-state index contributed by atoms with van der Waals surface area (Å²) in [4.78, 5) is 13.7. The van der Waals surface area contributed by atoms with Crippen molar-refractivity contribution in [2.75, 3.05) is 0 Å². The van der Waals surface area contributed by atoms with Crippen molar-refractivity contribution >= 4 is 5.78 Å². The Morgan fingerprint density at radius 1 is 1.19 bits per heavy atom. The fourth-order valence-corrected chi connectivity index (χ4v) is 4.13. The molecule has 2 aliphatic rings. The molecule has 2 saturated heterocycles. The lowest BCUT2D eigenvalue weighted by Gasteiger charge is -2.31. The molecule has 0 amide bonds. The summed E-state index contributed by atoms with van der Waals surface area (Å²) < 4.78 is 0. The van der Waals surface area contributed by atoms with Gasteiger partial charge in [-0.05, 0) is 57.1 Å². The average Bonchev–Trinajstić information content (AvgIpc) is 3.06. The van der Waals surface area contributed by atoms with Crippen molar-refractivity contribution in [2.45, 2.75) is 63.6 Å². The molecule has 2 heterocycles. The van der Waals surface area contributed by atoms with Crippen molar-refractivity contribution in [1.82, 2.24) is 4.90 Å². The van der Waals surface area contributed by atoms with Crippen LogP contribution < -0.4 is 0 Å². The van der Waals surface area contributed by atoms with E-state index in [-0.39, 0.29) is 5.78 Å². The molecule has 3 unspecified atom stereocenters. The van der Waals surface area contributed by atoms with Gasteiger partial charge in [0.05, 0.1) is 0 Å². The predicted octanol–water partition coefficient (Wildman–Crippen LogP) is 4.28. The number of carbonyl (C=O) groups is 1. The summed E-state index contributed by atoms with van der Waals surface area (Å²) in [5.41, 5.74) is 1.48. The summed E-state index contributed by atoms with van der Waals surface area (Å²) in [7, 11) is 0. The smallest absolute Gasteiger partial charge is 0.152 e. The largest absolute Gasteiger partial charge is 0.295 e. The molecule has 2 nitrogen and oxygen atoms in total. The van der Waals surface area contributed by atoms with Crippen molar-refractivity contribution in [3.8, 4) is 0 Å². The maximum Gasteiger partial charge on any atom is 0.152 e. The van der Waals surface area contributed by atoms with E-state index in [0.29, 0.717) is 12.1 Å². The molecule has 1 aromatic rings. The summed E-state index contributed by atoms with van der Waals surface area (Å²) in [6.45, 7) is 1.62. The molecule has 0 spiro atoms. The van der Waals surface area contributed by atoms with Gasteiger partial charge >= 0.3 is 0 Å². The van der Waals surface area contributed by atoms with Gasteiger partial charge in [0, 0.05) is 18.1 Å². The van der Waals surface area contributed by atoms with E-state index in [0.717, 1.165) is 12.5 Å². The molecule has 0 N–H and O–H groups in total. The fourth-order valence-electron chi connectivity index (χ4n) is 4.13. The quantitative estimate of drug-likeness (QED) is 0.752. The molecule has 0 aliphatic carbocycles. The highest BCUT2D eigenvalue weighted by Crippen LogP contribution is 2.45. The maximum atomic E-state index is 11.0. The van der Waals surface area contributed by atoms with Gasteiger partial charge in [0.2, 0.25) is 0 Å². The minimum Gasteiger partial charge on any atom is -0.295 e. The normalized spacial score (nSPS) is 29.1. The van der Waals surface area contributed by atoms with Gasteiger partial charge in [-0.1, -0.05) is 36.4 Å². The molecular weight excluding hydrogens is 258 g/mol. The van der Waals surface area contributed by atoms with Crippen LogP contribution >= 0.6 is 0 Å². The van der Waals surface area contributed by atoms with Gasteiger partial charge in [-0.25, -0.2) is 0 Å². The second-order valence-corrected chi connectivity index (χ2v) is 6.43. The first-order valence-corrected chi connectivity index (χ1v) is 8.25. The average molecular weight is 283 g/mol. The van der Waals surface area contributed by atoms with Crippen molar-refractivity contribution in [3.63, 3.8) is 0 Å². The van der Waals surface area contributed by atoms with Crippen LogP contribution in [0.2, 0.25) is 0 Å². The zero-order valence-electron chi connectivity index (χ0n) is 12.9. The Hall–Kier alpha value is -1.41. The number of fused-ring (bicyclic) bond motifs is 1. The van der Waals surface area contributed by atoms with Crippen molar-refractivity contribution in [3.05, 3.63) is 48.0 Å². The Labute approximate surface area is 127 Å². The van der Waals surface area contributed by atoms with E-state index in [1.807, 2.05) is 6.08 Å². The molecule has 2 aliphatic heterocycles. The fraction of sp³-hybridized carbons (Fsp3) is 0.526. The van der Waals surface area contributed by atoms with Crippen molar-refractivity contribution in [1.29, 1.82) is 0 Å². The molecule has 0 aromatic heterocycles. The number of ketones is 1. The lowest BCUT2D eigenvalue weighted by atomic mass is 10.00. The van der Waals surface area contributed by atoms with Crippen LogP contribution in [0.5, 0.6) is 0 Å². The minimum absolute atomic E-state index is 0.155. The van der Waals surface area contributed by atoms with E-state index in [4.69, 9.17) is 0 Å². The monoisotopic (exact) mass is 283 g/mol. The molecule has 0 bridgehead atoms. The SMILES string of the molecule is CC(=O)/C=C/CCC1CCC2CCC(c3ccccc3)N12. The Bertz CT molecular complexity index is 508. The first-order valence-electron chi connectivity index (χ1n) is 8.25. The van der Waals surface area contributed by atoms with E-state index < -0.39 is 0 Å².